The number of pyridine rings is 1. The molecule has 1 unspecified atom stereocenters. The van der Waals surface area contributed by atoms with Crippen LogP contribution in [0, 0.1) is 5.82 Å². The molecule has 3 aromatic rings. The molecular weight excluding hydrogens is 661 g/mol. The van der Waals surface area contributed by atoms with Gasteiger partial charge in [-0.3, -0.25) is 15.2 Å². The van der Waals surface area contributed by atoms with Gasteiger partial charge in [0.25, 0.3) is 0 Å². The number of benzene rings is 2. The lowest BCUT2D eigenvalue weighted by molar-refractivity contribution is -0.137. The van der Waals surface area contributed by atoms with Gasteiger partial charge in [-0.25, -0.2) is 9.18 Å². The molecule has 3 aliphatic carbocycles. The number of nitrogens with one attached hydrogen (secondary N) is 2. The molecule has 47 heavy (non-hydrogen) atoms. The summed E-state index contributed by atoms with van der Waals surface area (Å²) in [6.45, 7) is 5.79. The van der Waals surface area contributed by atoms with Gasteiger partial charge >= 0.3 is 6.09 Å². The van der Waals surface area contributed by atoms with Crippen LogP contribution in [0.1, 0.15) is 98.8 Å². The second-order valence-electron chi connectivity index (χ2n) is 14.0. The number of ether oxygens (including phenoxy) is 1. The average Bonchev–Trinajstić information content (AvgIpc) is 3.97. The van der Waals surface area contributed by atoms with Gasteiger partial charge in [-0.1, -0.05) is 40.2 Å². The Labute approximate surface area is 283 Å². The van der Waals surface area contributed by atoms with Crippen molar-refractivity contribution in [2.45, 2.75) is 89.3 Å². The average molecular weight is 701 g/mol. The number of rotatable bonds is 7. The number of halogens is 2. The molecule has 244 valence electrons. The monoisotopic (exact) mass is 699 g/mol. The zero-order chi connectivity index (χ0) is 32.9. The lowest BCUT2D eigenvalue weighted by Crippen LogP contribution is -2.43. The van der Waals surface area contributed by atoms with Crippen LogP contribution in [0.4, 0.5) is 9.18 Å². The Kier molecular flexibility index (Phi) is 8.18. The highest BCUT2D eigenvalue weighted by molar-refractivity contribution is 9.10. The third-order valence-corrected chi connectivity index (χ3v) is 9.92. The van der Waals surface area contributed by atoms with Crippen molar-refractivity contribution in [1.29, 1.82) is 0 Å². The minimum atomic E-state index is -0.741. The van der Waals surface area contributed by atoms with Crippen LogP contribution in [-0.2, 0) is 27.9 Å². The third-order valence-electron chi connectivity index (χ3n) is 9.43. The van der Waals surface area contributed by atoms with E-state index in [0.29, 0.717) is 28.6 Å². The Hall–Kier alpha value is -4.05. The van der Waals surface area contributed by atoms with E-state index < -0.39 is 17.1 Å². The van der Waals surface area contributed by atoms with Gasteiger partial charge in [-0.15, -0.1) is 0 Å². The zero-order valence-electron chi connectivity index (χ0n) is 27.0. The molecule has 7 rings (SSSR count). The lowest BCUT2D eigenvalue weighted by atomic mass is 9.86. The number of carbonyl (C=O) groups is 2. The van der Waals surface area contributed by atoms with Gasteiger partial charge in [0.15, 0.2) is 0 Å². The van der Waals surface area contributed by atoms with Crippen LogP contribution in [-0.4, -0.2) is 39.7 Å². The highest BCUT2D eigenvalue weighted by atomic mass is 79.9. The summed E-state index contributed by atoms with van der Waals surface area (Å²) in [5.41, 5.74) is 10.2. The predicted molar refractivity (Wildman–Crippen MR) is 182 cm³/mol. The normalized spacial score (nSPS) is 19.1. The first-order chi connectivity index (χ1) is 22.5. The van der Waals surface area contributed by atoms with Crippen LogP contribution < -0.4 is 10.7 Å². The number of hydrogen-bond donors (Lipinski definition) is 2. The van der Waals surface area contributed by atoms with Crippen LogP contribution in [0.2, 0.25) is 0 Å². The maximum absolute atomic E-state index is 15.3. The Balaban J connectivity index is 1.24. The van der Waals surface area contributed by atoms with Gasteiger partial charge in [-0.2, -0.15) is 5.10 Å². The molecule has 1 atom stereocenters. The van der Waals surface area contributed by atoms with Crippen molar-refractivity contribution >= 4 is 39.3 Å². The van der Waals surface area contributed by atoms with E-state index >= 15 is 4.39 Å². The van der Waals surface area contributed by atoms with E-state index in [0.717, 1.165) is 65.7 Å². The summed E-state index contributed by atoms with van der Waals surface area (Å²) in [5.74, 6) is -0.359. The van der Waals surface area contributed by atoms with Crippen molar-refractivity contribution in [3.63, 3.8) is 0 Å². The molecule has 0 bridgehead atoms. The minimum Gasteiger partial charge on any atom is -0.444 e. The number of carbonyl (C=O) groups excluding carboxylic acids is 2. The number of allylic oxidation sites excluding steroid dienone is 1. The SMILES string of the molecule is CC(C)(C)OC(=O)NCC1=NNC(=C2CC2)c2ccc(C3(C(=O)N(Cc4ccc(Br)cc4F)C4CCCc5cccnc54)CC3)cc21. The topological polar surface area (TPSA) is 95.9 Å². The van der Waals surface area contributed by atoms with Crippen LogP contribution in [0.3, 0.4) is 0 Å². The predicted octanol–water partition coefficient (Wildman–Crippen LogP) is 7.46. The first-order valence-electron chi connectivity index (χ1n) is 16.4. The highest BCUT2D eigenvalue weighted by Gasteiger charge is 2.54. The first kappa shape index (κ1) is 31.5. The van der Waals surface area contributed by atoms with Gasteiger partial charge in [0.05, 0.1) is 35.1 Å². The second-order valence-corrected chi connectivity index (χ2v) is 14.9. The first-order valence-corrected chi connectivity index (χ1v) is 17.2. The molecule has 2 fully saturated rings. The van der Waals surface area contributed by atoms with Crippen molar-refractivity contribution < 1.29 is 18.7 Å². The molecule has 0 radical (unpaired) electrons. The number of hydrazone groups is 1. The summed E-state index contributed by atoms with van der Waals surface area (Å²) >= 11 is 3.37. The van der Waals surface area contributed by atoms with E-state index in [1.165, 1.54) is 11.6 Å². The van der Waals surface area contributed by atoms with Crippen molar-refractivity contribution in [3.05, 3.63) is 104 Å². The summed E-state index contributed by atoms with van der Waals surface area (Å²) in [6.07, 6.45) is 7.30. The molecule has 10 heteroatoms. The number of aromatic nitrogens is 1. The summed E-state index contributed by atoms with van der Waals surface area (Å²) in [6, 6.07) is 15.0. The van der Waals surface area contributed by atoms with Crippen LogP contribution in [0.5, 0.6) is 0 Å². The summed E-state index contributed by atoms with van der Waals surface area (Å²) < 4.78 is 21.4. The fourth-order valence-corrected chi connectivity index (χ4v) is 7.13. The molecule has 2 amide bonds. The number of amides is 2. The zero-order valence-corrected chi connectivity index (χ0v) is 28.5. The number of hydrogen-bond acceptors (Lipinski definition) is 6. The quantitative estimate of drug-likeness (QED) is 0.267. The molecule has 1 aliphatic heterocycles. The van der Waals surface area contributed by atoms with E-state index in [1.54, 1.807) is 12.3 Å². The van der Waals surface area contributed by atoms with Gasteiger partial charge in [0.2, 0.25) is 5.91 Å². The van der Waals surface area contributed by atoms with Crippen LogP contribution in [0.25, 0.3) is 5.70 Å². The van der Waals surface area contributed by atoms with Crippen molar-refractivity contribution in [1.82, 2.24) is 20.6 Å². The van der Waals surface area contributed by atoms with Crippen LogP contribution in [0.15, 0.2) is 69.9 Å². The van der Waals surface area contributed by atoms with E-state index in [4.69, 9.17) is 9.72 Å². The van der Waals surface area contributed by atoms with Crippen molar-refractivity contribution in [3.8, 4) is 0 Å². The number of alkyl carbamates (subject to hydrolysis) is 1. The largest absolute Gasteiger partial charge is 0.444 e. The standard InChI is InChI=1S/C37H39BrFN5O3/c1-36(2,3)47-35(46)41-20-30-28-18-25(12-14-27(28)32(43-42-30)23-9-10-23)37(15-16-37)34(45)44(21-24-11-13-26(38)19-29(24)39)31-8-4-6-22-7-5-17-40-33(22)31/h5,7,11-14,17-19,31,43H,4,6,8-10,15-16,20-21H2,1-3H3,(H,41,46). The Bertz CT molecular complexity index is 1820. The fraction of sp³-hybridized carbons (Fsp3) is 0.405. The molecule has 4 aliphatic rings. The Morgan fingerprint density at radius 3 is 2.64 bits per heavy atom. The number of nitrogens with zero attached hydrogens (tertiary/aromatic N) is 3. The molecule has 8 nitrogen and oxygen atoms in total. The molecule has 2 heterocycles. The smallest absolute Gasteiger partial charge is 0.407 e. The Morgan fingerprint density at radius 2 is 1.91 bits per heavy atom. The summed E-state index contributed by atoms with van der Waals surface area (Å²) in [7, 11) is 0. The maximum atomic E-state index is 15.3. The molecular formula is C37H39BrFN5O3. The summed E-state index contributed by atoms with van der Waals surface area (Å²) in [4.78, 5) is 34.1. The molecule has 0 saturated heterocycles. The third kappa shape index (κ3) is 6.44. The molecule has 2 saturated carbocycles. The highest BCUT2D eigenvalue weighted by Crippen LogP contribution is 2.52. The minimum absolute atomic E-state index is 0.0108. The van der Waals surface area contributed by atoms with Gasteiger partial charge in [0.1, 0.15) is 11.4 Å². The van der Waals surface area contributed by atoms with E-state index in [9.17, 15) is 9.59 Å². The second kappa shape index (κ2) is 12.2. The van der Waals surface area contributed by atoms with Crippen LogP contribution >= 0.6 is 15.9 Å². The molecule has 0 spiro atoms. The van der Waals surface area contributed by atoms with Crippen molar-refractivity contribution in [2.75, 3.05) is 6.54 Å². The molecule has 2 N–H and O–H groups in total. The van der Waals surface area contributed by atoms with E-state index in [-0.39, 0.29) is 30.9 Å². The lowest BCUT2D eigenvalue weighted by Gasteiger charge is -2.37. The maximum Gasteiger partial charge on any atom is 0.407 e. The van der Waals surface area contributed by atoms with E-state index in [2.05, 4.69) is 56.0 Å². The van der Waals surface area contributed by atoms with E-state index in [1.807, 2.05) is 37.8 Å². The molecule has 2 aromatic carbocycles. The molecule has 1 aromatic heterocycles. The Morgan fingerprint density at radius 1 is 1.11 bits per heavy atom. The number of aryl methyl sites for hydroxylation is 1. The summed E-state index contributed by atoms with van der Waals surface area (Å²) in [5, 5.41) is 7.51. The van der Waals surface area contributed by atoms with Gasteiger partial charge < -0.3 is 15.0 Å². The van der Waals surface area contributed by atoms with Gasteiger partial charge in [-0.05, 0) is 107 Å². The van der Waals surface area contributed by atoms with Gasteiger partial charge in [0, 0.05) is 33.9 Å². The number of fused-ring (bicyclic) bond motifs is 2. The fourth-order valence-electron chi connectivity index (χ4n) is 6.80. The van der Waals surface area contributed by atoms with Crippen molar-refractivity contribution in [2.24, 2.45) is 5.10 Å².